The lowest BCUT2D eigenvalue weighted by molar-refractivity contribution is 0.0116. The maximum Gasteiger partial charge on any atom is 0.261 e. The molecule has 1 N–H and O–H groups in total. The molecule has 0 radical (unpaired) electrons. The predicted octanol–water partition coefficient (Wildman–Crippen LogP) is 6.86. The number of fused-ring (bicyclic) bond motifs is 1. The van der Waals surface area contributed by atoms with Crippen molar-refractivity contribution in [3.8, 4) is 16.2 Å². The summed E-state index contributed by atoms with van der Waals surface area (Å²) in [7, 11) is 3.74. The third-order valence-electron chi connectivity index (χ3n) is 8.68. The quantitative estimate of drug-likeness (QED) is 0.250. The van der Waals surface area contributed by atoms with Gasteiger partial charge >= 0.3 is 0 Å². The van der Waals surface area contributed by atoms with Crippen molar-refractivity contribution in [2.45, 2.75) is 50.6 Å². The zero-order valence-electron chi connectivity index (χ0n) is 25.0. The summed E-state index contributed by atoms with van der Waals surface area (Å²) in [5.41, 5.74) is 3.97. The topological polar surface area (TPSA) is 57.7 Å². The van der Waals surface area contributed by atoms with Crippen LogP contribution >= 0.6 is 11.3 Å². The van der Waals surface area contributed by atoms with Crippen LogP contribution in [0.1, 0.15) is 52.0 Å². The molecule has 2 aromatic heterocycles. The molecule has 7 rings (SSSR count). The molecule has 1 saturated carbocycles. The van der Waals surface area contributed by atoms with Crippen LogP contribution in [0.5, 0.6) is 5.75 Å². The van der Waals surface area contributed by atoms with Crippen LogP contribution < -0.4 is 10.1 Å². The first-order valence-corrected chi connectivity index (χ1v) is 15.7. The summed E-state index contributed by atoms with van der Waals surface area (Å²) in [5, 5.41) is 4.35. The Hall–Kier alpha value is -3.40. The summed E-state index contributed by atoms with van der Waals surface area (Å²) in [6, 6.07) is 17.8. The monoisotopic (exact) mass is 604 g/mol. The number of nitrogens with one attached hydrogen (secondary N) is 1. The fraction of sp³-hybridized carbons (Fsp3) is 0.412. The molecule has 2 aliphatic heterocycles. The number of aryl methyl sites for hydroxylation is 1. The Morgan fingerprint density at radius 3 is 2.51 bits per heavy atom. The SMILES string of the molecule is CN1CCC1.COc1ccc(C)c(C(=O)NC2(c3cc(-c4ccc(CN5CCC(F)(F)C5)s4)cc4ncccc34)CC2)c1. The Kier molecular flexibility index (Phi) is 8.24. The van der Waals surface area contributed by atoms with Gasteiger partial charge in [-0.1, -0.05) is 12.1 Å². The molecule has 4 heterocycles. The van der Waals surface area contributed by atoms with E-state index >= 15 is 0 Å². The average molecular weight is 605 g/mol. The van der Waals surface area contributed by atoms with E-state index in [9.17, 15) is 13.6 Å². The standard InChI is InChI=1S/C30H29F2N3O2S.C4H9N/c1-19-5-6-21(37-2)16-24(19)28(36)34-29(9-10-29)25-14-20(15-26-23(25)4-3-12-33-26)27-8-7-22(38-27)17-35-13-11-30(31,32)18-35;1-5-3-2-4-5/h3-8,12,14-16H,9-11,13,17-18H2,1-2H3,(H,34,36);2-4H2,1H3. The third kappa shape index (κ3) is 6.59. The number of likely N-dealkylation sites (tertiary alicyclic amines) is 2. The Balaban J connectivity index is 0.000000599. The number of amides is 1. The number of benzene rings is 2. The van der Waals surface area contributed by atoms with Gasteiger partial charge in [0.05, 0.1) is 24.7 Å². The molecule has 3 fully saturated rings. The highest BCUT2D eigenvalue weighted by atomic mass is 32.1. The molecular formula is C34H38F2N4O2S. The third-order valence-corrected chi connectivity index (χ3v) is 9.80. The van der Waals surface area contributed by atoms with E-state index in [2.05, 4.69) is 46.5 Å². The molecule has 43 heavy (non-hydrogen) atoms. The lowest BCUT2D eigenvalue weighted by Gasteiger charge is -2.24. The molecule has 2 saturated heterocycles. The van der Waals surface area contributed by atoms with Crippen molar-refractivity contribution in [1.82, 2.24) is 20.1 Å². The fourth-order valence-corrected chi connectivity index (χ4v) is 6.86. The van der Waals surface area contributed by atoms with E-state index in [4.69, 9.17) is 4.74 Å². The Morgan fingerprint density at radius 2 is 1.86 bits per heavy atom. The smallest absolute Gasteiger partial charge is 0.261 e. The van der Waals surface area contributed by atoms with Gasteiger partial charge in [-0.15, -0.1) is 11.3 Å². The van der Waals surface area contributed by atoms with Crippen LogP contribution in [0, 0.1) is 6.92 Å². The first kappa shape index (κ1) is 29.7. The largest absolute Gasteiger partial charge is 0.497 e. The number of methoxy groups -OCH3 is 1. The maximum atomic E-state index is 13.7. The summed E-state index contributed by atoms with van der Waals surface area (Å²) in [6.07, 6.45) is 4.80. The molecule has 1 amide bonds. The fourth-order valence-electron chi connectivity index (χ4n) is 5.82. The van der Waals surface area contributed by atoms with E-state index in [-0.39, 0.29) is 18.9 Å². The molecular weight excluding hydrogens is 566 g/mol. The number of rotatable bonds is 7. The second-order valence-corrected chi connectivity index (χ2v) is 13.2. The maximum absolute atomic E-state index is 13.7. The van der Waals surface area contributed by atoms with E-state index in [0.717, 1.165) is 50.2 Å². The van der Waals surface area contributed by atoms with Gasteiger partial charge in [0.25, 0.3) is 11.8 Å². The van der Waals surface area contributed by atoms with Gasteiger partial charge in [-0.2, -0.15) is 0 Å². The van der Waals surface area contributed by atoms with Gasteiger partial charge in [0.15, 0.2) is 0 Å². The highest BCUT2D eigenvalue weighted by molar-refractivity contribution is 7.15. The highest BCUT2D eigenvalue weighted by Crippen LogP contribution is 2.49. The number of nitrogens with zero attached hydrogens (tertiary/aromatic N) is 3. The van der Waals surface area contributed by atoms with Crippen molar-refractivity contribution < 1.29 is 18.3 Å². The van der Waals surface area contributed by atoms with Gasteiger partial charge in [-0.05, 0) is 105 Å². The Labute approximate surface area is 255 Å². The highest BCUT2D eigenvalue weighted by Gasteiger charge is 2.47. The predicted molar refractivity (Wildman–Crippen MR) is 168 cm³/mol. The van der Waals surface area contributed by atoms with E-state index in [0.29, 0.717) is 24.4 Å². The van der Waals surface area contributed by atoms with Crippen LogP contribution in [-0.4, -0.2) is 67.0 Å². The van der Waals surface area contributed by atoms with Crippen molar-refractivity contribution in [3.63, 3.8) is 0 Å². The van der Waals surface area contributed by atoms with E-state index in [1.807, 2.05) is 36.1 Å². The number of pyridine rings is 1. The van der Waals surface area contributed by atoms with Crippen LogP contribution in [0.15, 0.2) is 60.8 Å². The number of carbonyl (C=O) groups is 1. The molecule has 2 aromatic carbocycles. The lowest BCUT2D eigenvalue weighted by Crippen LogP contribution is -2.35. The van der Waals surface area contributed by atoms with Gasteiger partial charge in [-0.3, -0.25) is 14.7 Å². The van der Waals surface area contributed by atoms with Gasteiger partial charge in [0.2, 0.25) is 0 Å². The average Bonchev–Trinajstić information content (AvgIpc) is 3.45. The van der Waals surface area contributed by atoms with Crippen LogP contribution in [0.2, 0.25) is 0 Å². The number of halogens is 2. The van der Waals surface area contributed by atoms with E-state index < -0.39 is 11.5 Å². The molecule has 226 valence electrons. The number of alkyl halides is 2. The summed E-state index contributed by atoms with van der Waals surface area (Å²) >= 11 is 1.62. The number of ether oxygens (including phenoxy) is 1. The van der Waals surface area contributed by atoms with Gasteiger partial charge in [0.1, 0.15) is 5.75 Å². The molecule has 0 spiro atoms. The lowest BCUT2D eigenvalue weighted by atomic mass is 9.95. The number of hydrogen-bond donors (Lipinski definition) is 1. The van der Waals surface area contributed by atoms with Gasteiger partial charge in [0, 0.05) is 46.4 Å². The molecule has 4 aromatic rings. The first-order chi connectivity index (χ1) is 20.6. The summed E-state index contributed by atoms with van der Waals surface area (Å²) in [4.78, 5) is 24.3. The molecule has 9 heteroatoms. The minimum Gasteiger partial charge on any atom is -0.497 e. The summed E-state index contributed by atoms with van der Waals surface area (Å²) in [5.74, 6) is -2.07. The molecule has 0 bridgehead atoms. The number of thiophene rings is 1. The second kappa shape index (κ2) is 11.9. The molecule has 6 nitrogen and oxygen atoms in total. The van der Waals surface area contributed by atoms with Crippen molar-refractivity contribution in [3.05, 3.63) is 82.4 Å². The normalized spacial score (nSPS) is 18.9. The minimum absolute atomic E-state index is 0.0754. The van der Waals surface area contributed by atoms with Crippen molar-refractivity contribution in [2.75, 3.05) is 40.3 Å². The number of hydrogen-bond acceptors (Lipinski definition) is 6. The van der Waals surface area contributed by atoms with Crippen molar-refractivity contribution in [2.24, 2.45) is 0 Å². The van der Waals surface area contributed by atoms with E-state index in [1.165, 1.54) is 19.5 Å². The molecule has 3 aliphatic rings. The van der Waals surface area contributed by atoms with Crippen LogP contribution in [0.4, 0.5) is 8.78 Å². The number of aromatic nitrogens is 1. The van der Waals surface area contributed by atoms with E-state index in [1.54, 1.807) is 30.7 Å². The number of carbonyl (C=O) groups excluding carboxylic acids is 1. The summed E-state index contributed by atoms with van der Waals surface area (Å²) in [6.45, 7) is 5.32. The zero-order chi connectivity index (χ0) is 30.2. The second-order valence-electron chi connectivity index (χ2n) is 12.1. The Morgan fingerprint density at radius 1 is 1.07 bits per heavy atom. The zero-order valence-corrected chi connectivity index (χ0v) is 25.8. The van der Waals surface area contributed by atoms with Crippen LogP contribution in [0.25, 0.3) is 21.3 Å². The van der Waals surface area contributed by atoms with Crippen molar-refractivity contribution in [1.29, 1.82) is 0 Å². The van der Waals surface area contributed by atoms with Gasteiger partial charge < -0.3 is 15.0 Å². The molecule has 0 unspecified atom stereocenters. The molecule has 1 aliphatic carbocycles. The van der Waals surface area contributed by atoms with Gasteiger partial charge in [-0.25, -0.2) is 8.78 Å². The van der Waals surface area contributed by atoms with Crippen LogP contribution in [0.3, 0.4) is 0 Å². The Bertz CT molecular complexity index is 1630. The minimum atomic E-state index is -2.59. The van der Waals surface area contributed by atoms with Crippen LogP contribution in [-0.2, 0) is 12.1 Å². The molecule has 0 atom stereocenters. The summed E-state index contributed by atoms with van der Waals surface area (Å²) < 4.78 is 32.6. The first-order valence-electron chi connectivity index (χ1n) is 14.9. The van der Waals surface area contributed by atoms with Crippen molar-refractivity contribution >= 4 is 28.1 Å².